The van der Waals surface area contributed by atoms with E-state index in [9.17, 15) is 4.79 Å². The van der Waals surface area contributed by atoms with Crippen LogP contribution >= 0.6 is 0 Å². The van der Waals surface area contributed by atoms with Gasteiger partial charge >= 0.3 is 11.9 Å². The molecular formula is C17H18N4O8. The van der Waals surface area contributed by atoms with Gasteiger partial charge in [0.15, 0.2) is 17.3 Å². The maximum absolute atomic E-state index is 12.1. The van der Waals surface area contributed by atoms with Crippen LogP contribution in [0.5, 0.6) is 11.5 Å². The van der Waals surface area contributed by atoms with E-state index in [1.165, 1.54) is 0 Å². The van der Waals surface area contributed by atoms with E-state index in [0.29, 0.717) is 35.4 Å². The smallest absolute Gasteiger partial charge is 0.414 e. The summed E-state index contributed by atoms with van der Waals surface area (Å²) in [6.45, 7) is 3.84. The lowest BCUT2D eigenvalue weighted by Crippen LogP contribution is -2.48. The maximum Gasteiger partial charge on any atom is 0.414 e. The van der Waals surface area contributed by atoms with Gasteiger partial charge in [0.1, 0.15) is 0 Å². The molecule has 4 rings (SSSR count). The van der Waals surface area contributed by atoms with Crippen LogP contribution in [-0.4, -0.2) is 69.5 Å². The summed E-state index contributed by atoms with van der Waals surface area (Å²) >= 11 is 0. The topological polar surface area (TPSA) is 164 Å². The molecule has 154 valence electrons. The Balaban J connectivity index is 0.000000353. The Bertz CT molecular complexity index is 910. The fourth-order valence-electron chi connectivity index (χ4n) is 2.71. The molecule has 1 fully saturated rings. The number of amides is 1. The fourth-order valence-corrected chi connectivity index (χ4v) is 2.71. The number of rotatable bonds is 4. The molecule has 1 amide bonds. The summed E-state index contributed by atoms with van der Waals surface area (Å²) in [5.74, 6) is -0.862. The Hall–Kier alpha value is -3.67. The lowest BCUT2D eigenvalue weighted by molar-refractivity contribution is -0.159. The SMILES string of the molecule is Cc1noc(C2CN(CC(=O)Nc3ccc4c(c3)OCO4)C2)n1.O=C(O)C(=O)O. The number of ether oxygens (including phenoxy) is 2. The number of likely N-dealkylation sites (tertiary alicyclic amines) is 1. The van der Waals surface area contributed by atoms with Crippen molar-refractivity contribution in [3.05, 3.63) is 29.9 Å². The molecule has 1 saturated heterocycles. The summed E-state index contributed by atoms with van der Waals surface area (Å²) in [5.41, 5.74) is 0.698. The van der Waals surface area contributed by atoms with Crippen LogP contribution in [0.2, 0.25) is 0 Å². The number of carboxylic acids is 2. The van der Waals surface area contributed by atoms with Crippen molar-refractivity contribution < 1.29 is 38.6 Å². The summed E-state index contributed by atoms with van der Waals surface area (Å²) in [7, 11) is 0. The highest BCUT2D eigenvalue weighted by Crippen LogP contribution is 2.34. The second-order valence-electron chi connectivity index (χ2n) is 6.30. The maximum atomic E-state index is 12.1. The van der Waals surface area contributed by atoms with Crippen molar-refractivity contribution in [3.63, 3.8) is 0 Å². The predicted molar refractivity (Wildman–Crippen MR) is 94.7 cm³/mol. The Kier molecular flexibility index (Phi) is 5.93. The van der Waals surface area contributed by atoms with Crippen LogP contribution in [0.15, 0.2) is 22.7 Å². The number of nitrogens with zero attached hydrogens (tertiary/aromatic N) is 3. The third kappa shape index (κ3) is 5.19. The van der Waals surface area contributed by atoms with E-state index in [2.05, 4.69) is 15.5 Å². The minimum Gasteiger partial charge on any atom is -0.473 e. The summed E-state index contributed by atoms with van der Waals surface area (Å²) in [6, 6.07) is 5.35. The van der Waals surface area contributed by atoms with Crippen LogP contribution in [0.25, 0.3) is 0 Å². The van der Waals surface area contributed by atoms with Gasteiger partial charge in [-0.2, -0.15) is 4.98 Å². The first kappa shape index (κ1) is 20.1. The monoisotopic (exact) mass is 406 g/mol. The van der Waals surface area contributed by atoms with Crippen LogP contribution in [0.3, 0.4) is 0 Å². The van der Waals surface area contributed by atoms with Gasteiger partial charge in [-0.3, -0.25) is 9.69 Å². The Morgan fingerprint density at radius 3 is 2.48 bits per heavy atom. The normalized spacial score (nSPS) is 15.1. The minimum absolute atomic E-state index is 0.0657. The zero-order valence-corrected chi connectivity index (χ0v) is 15.3. The van der Waals surface area contributed by atoms with E-state index in [1.807, 2.05) is 4.90 Å². The quantitative estimate of drug-likeness (QED) is 0.598. The van der Waals surface area contributed by atoms with E-state index in [1.54, 1.807) is 25.1 Å². The molecule has 12 nitrogen and oxygen atoms in total. The van der Waals surface area contributed by atoms with E-state index < -0.39 is 11.9 Å². The Morgan fingerprint density at radius 1 is 1.17 bits per heavy atom. The van der Waals surface area contributed by atoms with Crippen molar-refractivity contribution >= 4 is 23.5 Å². The Labute approximate surface area is 164 Å². The largest absolute Gasteiger partial charge is 0.473 e. The van der Waals surface area contributed by atoms with Gasteiger partial charge in [0.25, 0.3) is 0 Å². The molecule has 0 unspecified atom stereocenters. The van der Waals surface area contributed by atoms with Gasteiger partial charge in [-0.15, -0.1) is 0 Å². The first-order chi connectivity index (χ1) is 13.8. The molecule has 1 aromatic carbocycles. The van der Waals surface area contributed by atoms with Gasteiger partial charge < -0.3 is 29.5 Å². The number of carboxylic acid groups (broad SMARTS) is 2. The van der Waals surface area contributed by atoms with Gasteiger partial charge in [-0.25, -0.2) is 9.59 Å². The predicted octanol–water partition coefficient (Wildman–Crippen LogP) is 0.300. The van der Waals surface area contributed by atoms with Gasteiger partial charge in [-0.1, -0.05) is 5.16 Å². The molecule has 2 aliphatic heterocycles. The number of carbonyl (C=O) groups is 3. The number of anilines is 1. The second kappa shape index (κ2) is 8.56. The molecule has 2 aromatic rings. The van der Waals surface area contributed by atoms with Gasteiger partial charge in [0.2, 0.25) is 18.6 Å². The van der Waals surface area contributed by atoms with E-state index in [-0.39, 0.29) is 18.6 Å². The van der Waals surface area contributed by atoms with Crippen molar-refractivity contribution in [2.75, 3.05) is 31.7 Å². The fraction of sp³-hybridized carbons (Fsp3) is 0.353. The first-order valence-corrected chi connectivity index (χ1v) is 8.50. The highest BCUT2D eigenvalue weighted by molar-refractivity contribution is 6.27. The van der Waals surface area contributed by atoms with Crippen molar-refractivity contribution in [1.29, 1.82) is 0 Å². The average molecular weight is 406 g/mol. The molecule has 2 aliphatic rings. The van der Waals surface area contributed by atoms with E-state index in [4.69, 9.17) is 33.8 Å². The number of hydrogen-bond donors (Lipinski definition) is 3. The standard InChI is InChI=1S/C15H16N4O4.C2H2O4/c1-9-16-15(23-18-9)10-5-19(6-10)7-14(20)17-11-2-3-12-13(4-11)22-8-21-12;3-1(4)2(5)6/h2-4,10H,5-8H2,1H3,(H,17,20);(H,3,4)(H,5,6). The summed E-state index contributed by atoms with van der Waals surface area (Å²) in [4.78, 5) is 36.5. The van der Waals surface area contributed by atoms with Gasteiger partial charge in [0, 0.05) is 24.8 Å². The molecule has 12 heteroatoms. The molecule has 0 saturated carbocycles. The van der Waals surface area contributed by atoms with Crippen LogP contribution in [0.4, 0.5) is 5.69 Å². The molecular weight excluding hydrogens is 388 g/mol. The number of nitrogens with one attached hydrogen (secondary N) is 1. The zero-order chi connectivity index (χ0) is 21.0. The highest BCUT2D eigenvalue weighted by atomic mass is 16.7. The third-order valence-corrected chi connectivity index (χ3v) is 4.06. The third-order valence-electron chi connectivity index (χ3n) is 4.06. The van der Waals surface area contributed by atoms with Crippen molar-refractivity contribution in [2.24, 2.45) is 0 Å². The molecule has 3 heterocycles. The molecule has 0 bridgehead atoms. The summed E-state index contributed by atoms with van der Waals surface area (Å²) in [5, 5.41) is 21.4. The molecule has 1 aromatic heterocycles. The number of hydrogen-bond acceptors (Lipinski definition) is 9. The van der Waals surface area contributed by atoms with Crippen LogP contribution < -0.4 is 14.8 Å². The zero-order valence-electron chi connectivity index (χ0n) is 15.3. The van der Waals surface area contributed by atoms with Crippen molar-refractivity contribution in [1.82, 2.24) is 15.0 Å². The van der Waals surface area contributed by atoms with E-state index in [0.717, 1.165) is 13.1 Å². The lowest BCUT2D eigenvalue weighted by Gasteiger charge is -2.36. The van der Waals surface area contributed by atoms with E-state index >= 15 is 0 Å². The second-order valence-corrected chi connectivity index (χ2v) is 6.30. The van der Waals surface area contributed by atoms with Crippen LogP contribution in [0.1, 0.15) is 17.6 Å². The minimum atomic E-state index is -1.82. The van der Waals surface area contributed by atoms with Crippen LogP contribution in [0, 0.1) is 6.92 Å². The van der Waals surface area contributed by atoms with Crippen molar-refractivity contribution in [2.45, 2.75) is 12.8 Å². The number of fused-ring (bicyclic) bond motifs is 1. The molecule has 0 radical (unpaired) electrons. The highest BCUT2D eigenvalue weighted by Gasteiger charge is 2.33. The number of aromatic nitrogens is 2. The number of benzene rings is 1. The molecule has 0 atom stereocenters. The summed E-state index contributed by atoms with van der Waals surface area (Å²) < 4.78 is 15.7. The molecule has 29 heavy (non-hydrogen) atoms. The van der Waals surface area contributed by atoms with Gasteiger partial charge in [-0.05, 0) is 19.1 Å². The van der Waals surface area contributed by atoms with Crippen molar-refractivity contribution in [3.8, 4) is 11.5 Å². The lowest BCUT2D eigenvalue weighted by atomic mass is 10.0. The molecule has 3 N–H and O–H groups in total. The van der Waals surface area contributed by atoms with Crippen LogP contribution in [-0.2, 0) is 14.4 Å². The molecule has 0 aliphatic carbocycles. The van der Waals surface area contributed by atoms with Gasteiger partial charge in [0.05, 0.1) is 12.5 Å². The Morgan fingerprint density at radius 2 is 1.86 bits per heavy atom. The average Bonchev–Trinajstić information content (AvgIpc) is 3.26. The number of aliphatic carboxylic acids is 2. The number of carbonyl (C=O) groups excluding carboxylic acids is 1. The summed E-state index contributed by atoms with van der Waals surface area (Å²) in [6.07, 6.45) is 0. The molecule has 0 spiro atoms. The number of aryl methyl sites for hydroxylation is 1. The first-order valence-electron chi connectivity index (χ1n) is 8.50.